The van der Waals surface area contributed by atoms with Crippen LogP contribution in [0.3, 0.4) is 0 Å². The van der Waals surface area contributed by atoms with E-state index >= 15 is 0 Å². The van der Waals surface area contributed by atoms with Crippen LogP contribution in [-0.2, 0) is 9.53 Å². The molecule has 0 aromatic heterocycles. The highest BCUT2D eigenvalue weighted by molar-refractivity contribution is 14.1. The van der Waals surface area contributed by atoms with Crippen LogP contribution in [0.5, 0.6) is 11.5 Å². The zero-order chi connectivity index (χ0) is 20.3. The smallest absolute Gasteiger partial charge is 0.363 e. The van der Waals surface area contributed by atoms with Crippen LogP contribution in [0.25, 0.3) is 6.08 Å². The topological polar surface area (TPSA) is 57.1 Å². The van der Waals surface area contributed by atoms with Crippen molar-refractivity contribution in [3.63, 3.8) is 0 Å². The Kier molecular flexibility index (Phi) is 6.97. The number of esters is 1. The molecular weight excluding hydrogens is 584 g/mol. The standard InChI is InChI=1S/C21H19I2NO4/c1-12(2)11-27-19-16(23)8-13(10-18(19)26-3)9-17-21(25)28-20(24-17)14-4-6-15(22)7-5-14/h4-10,12H,11H2,1-3H3/b17-9-. The third kappa shape index (κ3) is 5.05. The van der Waals surface area contributed by atoms with E-state index in [0.717, 1.165) is 18.3 Å². The average Bonchev–Trinajstić information content (AvgIpc) is 3.01. The zero-order valence-corrected chi connectivity index (χ0v) is 20.0. The number of carbonyl (C=O) groups excluding carboxylic acids is 1. The number of halogens is 2. The lowest BCUT2D eigenvalue weighted by atomic mass is 10.1. The Morgan fingerprint density at radius 3 is 2.54 bits per heavy atom. The lowest BCUT2D eigenvalue weighted by molar-refractivity contribution is -0.129. The summed E-state index contributed by atoms with van der Waals surface area (Å²) in [6, 6.07) is 11.4. The molecule has 0 saturated heterocycles. The molecule has 0 atom stereocenters. The Bertz CT molecular complexity index is 950. The number of rotatable bonds is 6. The Hall–Kier alpha value is -1.62. The van der Waals surface area contributed by atoms with Crippen LogP contribution in [0, 0.1) is 13.1 Å². The van der Waals surface area contributed by atoms with Crippen molar-refractivity contribution >= 4 is 63.1 Å². The molecule has 0 unspecified atom stereocenters. The zero-order valence-electron chi connectivity index (χ0n) is 15.7. The van der Waals surface area contributed by atoms with Crippen LogP contribution in [0.1, 0.15) is 25.0 Å². The van der Waals surface area contributed by atoms with E-state index in [2.05, 4.69) is 64.0 Å². The van der Waals surface area contributed by atoms with Gasteiger partial charge in [0.2, 0.25) is 5.90 Å². The van der Waals surface area contributed by atoms with Crippen molar-refractivity contribution in [2.75, 3.05) is 13.7 Å². The van der Waals surface area contributed by atoms with Crippen molar-refractivity contribution in [1.82, 2.24) is 0 Å². The highest BCUT2D eigenvalue weighted by Crippen LogP contribution is 2.35. The summed E-state index contributed by atoms with van der Waals surface area (Å²) in [5.41, 5.74) is 1.81. The fourth-order valence-electron chi connectivity index (χ4n) is 2.50. The SMILES string of the molecule is COc1cc(/C=C2\N=C(c3ccc(I)cc3)OC2=O)cc(I)c1OCC(C)C. The van der Waals surface area contributed by atoms with Gasteiger partial charge < -0.3 is 14.2 Å². The van der Waals surface area contributed by atoms with Crippen LogP contribution in [0.2, 0.25) is 0 Å². The first-order valence-corrected chi connectivity index (χ1v) is 10.8. The summed E-state index contributed by atoms with van der Waals surface area (Å²) in [7, 11) is 1.60. The lowest BCUT2D eigenvalue weighted by Gasteiger charge is -2.15. The number of hydrogen-bond donors (Lipinski definition) is 0. The van der Waals surface area contributed by atoms with Gasteiger partial charge in [-0.05, 0) is 99.1 Å². The molecule has 0 radical (unpaired) electrons. The van der Waals surface area contributed by atoms with E-state index in [1.807, 2.05) is 36.4 Å². The highest BCUT2D eigenvalue weighted by atomic mass is 127. The molecule has 0 saturated carbocycles. The maximum Gasteiger partial charge on any atom is 0.363 e. The molecule has 28 heavy (non-hydrogen) atoms. The van der Waals surface area contributed by atoms with Gasteiger partial charge in [-0.2, -0.15) is 0 Å². The third-order valence-electron chi connectivity index (χ3n) is 3.83. The van der Waals surface area contributed by atoms with Gasteiger partial charge in [0.1, 0.15) is 0 Å². The van der Waals surface area contributed by atoms with Crippen LogP contribution >= 0.6 is 45.2 Å². The van der Waals surface area contributed by atoms with Crippen LogP contribution in [0.4, 0.5) is 0 Å². The van der Waals surface area contributed by atoms with Gasteiger partial charge in [0.05, 0.1) is 17.3 Å². The quantitative estimate of drug-likeness (QED) is 0.256. The van der Waals surface area contributed by atoms with Gasteiger partial charge in [-0.15, -0.1) is 0 Å². The van der Waals surface area contributed by atoms with Crippen molar-refractivity contribution in [3.05, 3.63) is 60.4 Å². The fraction of sp³-hybridized carbons (Fsp3) is 0.238. The first kappa shape index (κ1) is 21.1. The first-order valence-electron chi connectivity index (χ1n) is 8.66. The van der Waals surface area contributed by atoms with Crippen LogP contribution < -0.4 is 9.47 Å². The minimum absolute atomic E-state index is 0.252. The Balaban J connectivity index is 1.91. The second-order valence-electron chi connectivity index (χ2n) is 6.58. The van der Waals surface area contributed by atoms with E-state index in [0.29, 0.717) is 29.9 Å². The van der Waals surface area contributed by atoms with E-state index in [-0.39, 0.29) is 5.70 Å². The predicted octanol–water partition coefficient (Wildman–Crippen LogP) is 5.28. The number of benzene rings is 2. The van der Waals surface area contributed by atoms with Gasteiger partial charge in [0.25, 0.3) is 0 Å². The van der Waals surface area contributed by atoms with E-state index in [9.17, 15) is 4.79 Å². The summed E-state index contributed by atoms with van der Waals surface area (Å²) < 4.78 is 18.7. The Labute approximate surface area is 191 Å². The van der Waals surface area contributed by atoms with Gasteiger partial charge in [-0.1, -0.05) is 13.8 Å². The predicted molar refractivity (Wildman–Crippen MR) is 126 cm³/mol. The molecule has 1 aliphatic heterocycles. The third-order valence-corrected chi connectivity index (χ3v) is 5.35. The molecule has 3 rings (SSSR count). The second kappa shape index (κ2) is 9.25. The Morgan fingerprint density at radius 1 is 1.18 bits per heavy atom. The van der Waals surface area contributed by atoms with Gasteiger partial charge >= 0.3 is 5.97 Å². The fourth-order valence-corrected chi connectivity index (χ4v) is 3.64. The number of ether oxygens (including phenoxy) is 3. The number of methoxy groups -OCH3 is 1. The van der Waals surface area contributed by atoms with Gasteiger partial charge in [-0.3, -0.25) is 0 Å². The molecule has 7 heteroatoms. The monoisotopic (exact) mass is 603 g/mol. The van der Waals surface area contributed by atoms with Crippen molar-refractivity contribution in [2.45, 2.75) is 13.8 Å². The van der Waals surface area contributed by atoms with E-state index in [1.165, 1.54) is 0 Å². The van der Waals surface area contributed by atoms with E-state index in [1.54, 1.807) is 13.2 Å². The lowest BCUT2D eigenvalue weighted by Crippen LogP contribution is -2.07. The summed E-state index contributed by atoms with van der Waals surface area (Å²) in [6.07, 6.45) is 1.69. The molecule has 1 heterocycles. The van der Waals surface area contributed by atoms with Gasteiger partial charge in [0, 0.05) is 9.13 Å². The molecule has 0 N–H and O–H groups in total. The van der Waals surface area contributed by atoms with Gasteiger partial charge in [0.15, 0.2) is 17.2 Å². The average molecular weight is 603 g/mol. The molecule has 146 valence electrons. The van der Waals surface area contributed by atoms with E-state index in [4.69, 9.17) is 14.2 Å². The molecule has 0 spiro atoms. The summed E-state index contributed by atoms with van der Waals surface area (Å²) in [6.45, 7) is 4.78. The van der Waals surface area contributed by atoms with Crippen LogP contribution in [0.15, 0.2) is 47.1 Å². The molecule has 0 bridgehead atoms. The van der Waals surface area contributed by atoms with Crippen molar-refractivity contribution in [2.24, 2.45) is 10.9 Å². The van der Waals surface area contributed by atoms with Crippen molar-refractivity contribution in [1.29, 1.82) is 0 Å². The Morgan fingerprint density at radius 2 is 1.89 bits per heavy atom. The summed E-state index contributed by atoms with van der Waals surface area (Å²) in [5.74, 6) is 1.57. The van der Waals surface area contributed by atoms with E-state index < -0.39 is 5.97 Å². The molecule has 2 aromatic carbocycles. The minimum Gasteiger partial charge on any atom is -0.493 e. The summed E-state index contributed by atoms with van der Waals surface area (Å²) in [5, 5.41) is 0. The van der Waals surface area contributed by atoms with Crippen LogP contribution in [-0.4, -0.2) is 25.6 Å². The largest absolute Gasteiger partial charge is 0.493 e. The number of cyclic esters (lactones) is 1. The molecule has 0 aliphatic carbocycles. The normalized spacial score (nSPS) is 15.0. The maximum atomic E-state index is 12.2. The number of hydrogen-bond acceptors (Lipinski definition) is 5. The number of nitrogens with zero attached hydrogens (tertiary/aromatic N) is 1. The summed E-state index contributed by atoms with van der Waals surface area (Å²) >= 11 is 4.43. The molecule has 0 fully saturated rings. The highest BCUT2D eigenvalue weighted by Gasteiger charge is 2.24. The first-order chi connectivity index (χ1) is 13.4. The van der Waals surface area contributed by atoms with Crippen molar-refractivity contribution < 1.29 is 19.0 Å². The van der Waals surface area contributed by atoms with Gasteiger partial charge in [-0.25, -0.2) is 9.79 Å². The number of carbonyl (C=O) groups is 1. The molecule has 2 aromatic rings. The molecular formula is C21H19I2NO4. The second-order valence-corrected chi connectivity index (χ2v) is 8.99. The minimum atomic E-state index is -0.470. The maximum absolute atomic E-state index is 12.2. The summed E-state index contributed by atoms with van der Waals surface area (Å²) in [4.78, 5) is 16.6. The molecule has 0 amide bonds. The number of aliphatic imine (C=N–C) groups is 1. The molecule has 1 aliphatic rings. The van der Waals surface area contributed by atoms with Crippen molar-refractivity contribution in [3.8, 4) is 11.5 Å². The molecule has 5 nitrogen and oxygen atoms in total.